The predicted molar refractivity (Wildman–Crippen MR) is 98.1 cm³/mol. The monoisotopic (exact) mass is 354 g/mol. The zero-order valence-electron chi connectivity index (χ0n) is 15.2. The van der Waals surface area contributed by atoms with E-state index in [0.717, 1.165) is 63.9 Å². The van der Waals surface area contributed by atoms with Crippen LogP contribution in [0.4, 0.5) is 5.82 Å². The van der Waals surface area contributed by atoms with Gasteiger partial charge in [0.2, 0.25) is 5.91 Å². The van der Waals surface area contributed by atoms with Crippen molar-refractivity contribution in [3.63, 3.8) is 0 Å². The van der Waals surface area contributed by atoms with Crippen molar-refractivity contribution in [2.45, 2.75) is 63.8 Å². The molecule has 0 unspecified atom stereocenters. The lowest BCUT2D eigenvalue weighted by Gasteiger charge is -2.34. The van der Waals surface area contributed by atoms with Crippen molar-refractivity contribution in [3.8, 4) is 0 Å². The molecule has 1 N–H and O–H groups in total. The van der Waals surface area contributed by atoms with E-state index in [-0.39, 0.29) is 11.8 Å². The second-order valence-corrected chi connectivity index (χ2v) is 7.94. The highest BCUT2D eigenvalue weighted by Crippen LogP contribution is 2.33. The molecule has 0 radical (unpaired) electrons. The van der Waals surface area contributed by atoms with E-state index >= 15 is 0 Å². The first kappa shape index (κ1) is 16.0. The second kappa shape index (κ2) is 6.52. The molecule has 0 aromatic carbocycles. The number of hydrogen-bond acceptors (Lipinski definition) is 5. The molecule has 2 aromatic heterocycles. The molecule has 3 aliphatic rings. The standard InChI is InChI=1S/C19H26N6O/c26-17(22-14-4-1-2-5-14)13-8-10-24(11-9-13)18-15-6-3-7-16(15)23-19-20-12-21-25(18)19/h12-14H,1-11H2,(H,22,26). The number of carbonyl (C=O) groups excluding carboxylic acids is 1. The SMILES string of the molecule is O=C(NC1CCCC1)C1CCN(c2c3c(nc4ncnn24)CCC3)CC1. The molecule has 5 rings (SSSR count). The van der Waals surface area contributed by atoms with Crippen LogP contribution in [0.2, 0.25) is 0 Å². The molecule has 1 saturated heterocycles. The lowest BCUT2D eigenvalue weighted by molar-refractivity contribution is -0.126. The molecule has 1 saturated carbocycles. The van der Waals surface area contributed by atoms with Crippen LogP contribution in [0.1, 0.15) is 56.2 Å². The summed E-state index contributed by atoms with van der Waals surface area (Å²) in [6.45, 7) is 1.79. The van der Waals surface area contributed by atoms with E-state index in [4.69, 9.17) is 0 Å². The van der Waals surface area contributed by atoms with Crippen LogP contribution in [-0.2, 0) is 17.6 Å². The topological polar surface area (TPSA) is 75.4 Å². The van der Waals surface area contributed by atoms with Crippen molar-refractivity contribution >= 4 is 17.5 Å². The lowest BCUT2D eigenvalue weighted by atomic mass is 9.95. The Hall–Kier alpha value is -2.18. The maximum atomic E-state index is 12.6. The van der Waals surface area contributed by atoms with Crippen LogP contribution in [-0.4, -0.2) is 44.6 Å². The van der Waals surface area contributed by atoms with E-state index in [9.17, 15) is 4.79 Å². The summed E-state index contributed by atoms with van der Waals surface area (Å²) in [4.78, 5) is 24.0. The molecule has 7 nitrogen and oxygen atoms in total. The average molecular weight is 354 g/mol. The van der Waals surface area contributed by atoms with Gasteiger partial charge in [0.05, 0.1) is 5.69 Å². The minimum atomic E-state index is 0.146. The summed E-state index contributed by atoms with van der Waals surface area (Å²) in [5, 5.41) is 7.69. The maximum Gasteiger partial charge on any atom is 0.254 e. The maximum absolute atomic E-state index is 12.6. The van der Waals surface area contributed by atoms with E-state index in [1.807, 2.05) is 4.52 Å². The fraction of sp³-hybridized carbons (Fsp3) is 0.684. The highest BCUT2D eigenvalue weighted by molar-refractivity contribution is 5.79. The first-order valence-electron chi connectivity index (χ1n) is 10.1. The molecule has 1 aliphatic heterocycles. The van der Waals surface area contributed by atoms with Gasteiger partial charge in [-0.2, -0.15) is 14.6 Å². The fourth-order valence-electron chi connectivity index (χ4n) is 4.87. The first-order chi connectivity index (χ1) is 12.8. The zero-order chi connectivity index (χ0) is 17.5. The number of rotatable bonds is 3. The number of fused-ring (bicyclic) bond motifs is 2. The lowest BCUT2D eigenvalue weighted by Crippen LogP contribution is -2.44. The van der Waals surface area contributed by atoms with Crippen molar-refractivity contribution in [2.75, 3.05) is 18.0 Å². The number of amides is 1. The molecule has 7 heteroatoms. The Kier molecular flexibility index (Phi) is 4.02. The number of nitrogens with zero attached hydrogens (tertiary/aromatic N) is 5. The smallest absolute Gasteiger partial charge is 0.254 e. The summed E-state index contributed by atoms with van der Waals surface area (Å²) in [6.07, 6.45) is 11.5. The molecular formula is C19H26N6O. The van der Waals surface area contributed by atoms with E-state index in [1.54, 1.807) is 6.33 Å². The Labute approximate surface area is 153 Å². The number of anilines is 1. The van der Waals surface area contributed by atoms with Crippen LogP contribution >= 0.6 is 0 Å². The summed E-state index contributed by atoms with van der Waals surface area (Å²) in [5.74, 6) is 2.27. The van der Waals surface area contributed by atoms with Crippen LogP contribution < -0.4 is 10.2 Å². The number of aromatic nitrogens is 4. The zero-order valence-corrected chi connectivity index (χ0v) is 15.2. The highest BCUT2D eigenvalue weighted by atomic mass is 16.1. The van der Waals surface area contributed by atoms with Crippen molar-refractivity contribution in [3.05, 3.63) is 17.6 Å². The first-order valence-corrected chi connectivity index (χ1v) is 10.1. The van der Waals surface area contributed by atoms with E-state index in [1.165, 1.54) is 24.1 Å². The third kappa shape index (κ3) is 2.73. The summed E-state index contributed by atoms with van der Waals surface area (Å²) < 4.78 is 1.89. The van der Waals surface area contributed by atoms with Crippen LogP contribution in [0.25, 0.3) is 5.78 Å². The minimum Gasteiger partial charge on any atom is -0.356 e. The van der Waals surface area contributed by atoms with Crippen LogP contribution in [0.15, 0.2) is 6.33 Å². The van der Waals surface area contributed by atoms with Gasteiger partial charge >= 0.3 is 0 Å². The number of hydrogen-bond donors (Lipinski definition) is 1. The summed E-state index contributed by atoms with van der Waals surface area (Å²) >= 11 is 0. The number of nitrogens with one attached hydrogen (secondary N) is 1. The molecule has 26 heavy (non-hydrogen) atoms. The number of aryl methyl sites for hydroxylation is 1. The van der Waals surface area contributed by atoms with Crippen molar-refractivity contribution in [1.82, 2.24) is 24.9 Å². The van der Waals surface area contributed by atoms with Crippen LogP contribution in [0.3, 0.4) is 0 Å². The Morgan fingerprint density at radius 3 is 2.69 bits per heavy atom. The highest BCUT2D eigenvalue weighted by Gasteiger charge is 2.31. The second-order valence-electron chi connectivity index (χ2n) is 7.94. The Bertz CT molecular complexity index is 817. The molecule has 0 spiro atoms. The van der Waals surface area contributed by atoms with Crippen molar-refractivity contribution in [1.29, 1.82) is 0 Å². The molecule has 138 valence electrons. The summed E-state index contributed by atoms with van der Waals surface area (Å²) in [6, 6.07) is 0.416. The Morgan fingerprint density at radius 1 is 1.08 bits per heavy atom. The van der Waals surface area contributed by atoms with Gasteiger partial charge in [-0.1, -0.05) is 12.8 Å². The normalized spacial score (nSPS) is 21.5. The average Bonchev–Trinajstić information content (AvgIpc) is 3.41. The van der Waals surface area contributed by atoms with E-state index in [0.29, 0.717) is 11.8 Å². The fourth-order valence-corrected chi connectivity index (χ4v) is 4.87. The number of carbonyl (C=O) groups is 1. The van der Waals surface area contributed by atoms with Gasteiger partial charge in [-0.05, 0) is 44.9 Å². The summed E-state index contributed by atoms with van der Waals surface area (Å²) in [5.41, 5.74) is 2.51. The van der Waals surface area contributed by atoms with Gasteiger partial charge < -0.3 is 10.2 Å². The molecular weight excluding hydrogens is 328 g/mol. The number of piperidine rings is 1. The largest absolute Gasteiger partial charge is 0.356 e. The third-order valence-electron chi connectivity index (χ3n) is 6.29. The van der Waals surface area contributed by atoms with Crippen molar-refractivity contribution in [2.24, 2.45) is 5.92 Å². The van der Waals surface area contributed by atoms with Gasteiger partial charge in [0.15, 0.2) is 0 Å². The minimum absolute atomic E-state index is 0.146. The van der Waals surface area contributed by atoms with Crippen LogP contribution in [0.5, 0.6) is 0 Å². The molecule has 2 aliphatic carbocycles. The molecule has 2 aromatic rings. The van der Waals surface area contributed by atoms with Crippen molar-refractivity contribution < 1.29 is 4.79 Å². The third-order valence-corrected chi connectivity index (χ3v) is 6.29. The Balaban J connectivity index is 1.32. The molecule has 2 fully saturated rings. The van der Waals surface area contributed by atoms with E-state index < -0.39 is 0 Å². The van der Waals surface area contributed by atoms with Crippen LogP contribution in [0, 0.1) is 5.92 Å². The quantitative estimate of drug-likeness (QED) is 0.911. The van der Waals surface area contributed by atoms with Gasteiger partial charge in [0.25, 0.3) is 5.78 Å². The van der Waals surface area contributed by atoms with Gasteiger partial charge in [-0.25, -0.2) is 4.98 Å². The summed E-state index contributed by atoms with van der Waals surface area (Å²) in [7, 11) is 0. The predicted octanol–water partition coefficient (Wildman–Crippen LogP) is 1.89. The van der Waals surface area contributed by atoms with Gasteiger partial charge in [-0.3, -0.25) is 4.79 Å². The van der Waals surface area contributed by atoms with E-state index in [2.05, 4.69) is 25.3 Å². The van der Waals surface area contributed by atoms with Gasteiger partial charge in [-0.15, -0.1) is 0 Å². The molecule has 0 atom stereocenters. The van der Waals surface area contributed by atoms with Gasteiger partial charge in [0, 0.05) is 30.6 Å². The molecule has 3 heterocycles. The molecule has 0 bridgehead atoms. The Morgan fingerprint density at radius 2 is 1.88 bits per heavy atom. The molecule has 1 amide bonds. The van der Waals surface area contributed by atoms with Gasteiger partial charge in [0.1, 0.15) is 12.1 Å².